The third kappa shape index (κ3) is 3.34. The number of hydrogen-bond donors (Lipinski definition) is 1. The number of alkyl halides is 6. The van der Waals surface area contributed by atoms with Crippen molar-refractivity contribution in [2.75, 3.05) is 7.11 Å². The summed E-state index contributed by atoms with van der Waals surface area (Å²) in [6.07, 6.45) is -11.5. The van der Waals surface area contributed by atoms with Crippen molar-refractivity contribution in [3.05, 3.63) is 28.8 Å². The van der Waals surface area contributed by atoms with E-state index in [0.717, 1.165) is 7.11 Å². The Kier molecular flexibility index (Phi) is 4.21. The molecule has 20 heavy (non-hydrogen) atoms. The van der Waals surface area contributed by atoms with Gasteiger partial charge in [-0.15, -0.1) is 0 Å². The molecule has 3 nitrogen and oxygen atoms in total. The minimum absolute atomic E-state index is 0.167. The van der Waals surface area contributed by atoms with Gasteiger partial charge in [-0.1, -0.05) is 6.07 Å². The molecule has 0 aliphatic carbocycles. The molecule has 1 N–H and O–H groups in total. The third-order valence-electron chi connectivity index (χ3n) is 2.41. The van der Waals surface area contributed by atoms with E-state index >= 15 is 0 Å². The SMILES string of the molecule is COC(=O)Cc1ccc(C(F)(F)F)c(C(F)(F)F)c1O. The summed E-state index contributed by atoms with van der Waals surface area (Å²) in [5.41, 5.74) is -4.83. The van der Waals surface area contributed by atoms with Crippen LogP contribution in [0.2, 0.25) is 0 Å². The molecular formula is C11H8F6O3. The maximum Gasteiger partial charge on any atom is 0.420 e. The standard InChI is InChI=1S/C11H8F6O3/c1-20-7(18)4-5-2-3-6(10(12,13)14)8(9(5)19)11(15,16)17/h2-3,19H,4H2,1H3. The zero-order valence-corrected chi connectivity index (χ0v) is 9.89. The Bertz CT molecular complexity index is 518. The molecule has 0 amide bonds. The fourth-order valence-electron chi connectivity index (χ4n) is 1.53. The Morgan fingerprint density at radius 2 is 1.70 bits per heavy atom. The lowest BCUT2D eigenvalue weighted by molar-refractivity contribution is -0.163. The van der Waals surface area contributed by atoms with E-state index in [2.05, 4.69) is 4.74 Å². The van der Waals surface area contributed by atoms with Crippen molar-refractivity contribution < 1.29 is 41.0 Å². The van der Waals surface area contributed by atoms with Gasteiger partial charge in [0.05, 0.1) is 19.1 Å². The van der Waals surface area contributed by atoms with Crippen LogP contribution in [0.15, 0.2) is 12.1 Å². The second kappa shape index (κ2) is 5.22. The van der Waals surface area contributed by atoms with E-state index in [9.17, 15) is 36.2 Å². The highest BCUT2D eigenvalue weighted by atomic mass is 19.4. The molecule has 0 saturated heterocycles. The van der Waals surface area contributed by atoms with Gasteiger partial charge in [0.25, 0.3) is 0 Å². The molecule has 0 spiro atoms. The quantitative estimate of drug-likeness (QED) is 0.674. The summed E-state index contributed by atoms with van der Waals surface area (Å²) in [6.45, 7) is 0. The first-order valence-electron chi connectivity index (χ1n) is 5.04. The number of carbonyl (C=O) groups is 1. The molecule has 1 aromatic rings. The summed E-state index contributed by atoms with van der Waals surface area (Å²) < 4.78 is 79.7. The molecule has 1 aromatic carbocycles. The lowest BCUT2D eigenvalue weighted by Gasteiger charge is -2.18. The molecule has 0 heterocycles. The zero-order valence-electron chi connectivity index (χ0n) is 9.89. The fraction of sp³-hybridized carbons (Fsp3) is 0.364. The molecule has 0 aromatic heterocycles. The maximum atomic E-state index is 12.7. The topological polar surface area (TPSA) is 46.5 Å². The van der Waals surface area contributed by atoms with Crippen LogP contribution in [-0.2, 0) is 28.3 Å². The van der Waals surface area contributed by atoms with Crippen LogP contribution in [0.4, 0.5) is 26.3 Å². The van der Waals surface area contributed by atoms with Crippen molar-refractivity contribution in [1.82, 2.24) is 0 Å². The van der Waals surface area contributed by atoms with Gasteiger partial charge in [-0.3, -0.25) is 4.79 Å². The van der Waals surface area contributed by atoms with Gasteiger partial charge in [0.2, 0.25) is 0 Å². The van der Waals surface area contributed by atoms with Gasteiger partial charge < -0.3 is 9.84 Å². The van der Waals surface area contributed by atoms with Crippen molar-refractivity contribution in [2.45, 2.75) is 18.8 Å². The van der Waals surface area contributed by atoms with E-state index in [-0.39, 0.29) is 6.07 Å². The van der Waals surface area contributed by atoms with Gasteiger partial charge in [-0.25, -0.2) is 0 Å². The Labute approximate surface area is 108 Å². The van der Waals surface area contributed by atoms with Crippen molar-refractivity contribution in [1.29, 1.82) is 0 Å². The average Bonchev–Trinajstić information content (AvgIpc) is 2.28. The molecule has 0 atom stereocenters. The minimum Gasteiger partial charge on any atom is -0.507 e. The van der Waals surface area contributed by atoms with E-state index < -0.39 is 47.2 Å². The number of carbonyl (C=O) groups excluding carboxylic acids is 1. The lowest BCUT2D eigenvalue weighted by atomic mass is 9.99. The van der Waals surface area contributed by atoms with Crippen molar-refractivity contribution in [3.8, 4) is 5.75 Å². The number of ether oxygens (including phenoxy) is 1. The predicted octanol–water partition coefficient (Wildman–Crippen LogP) is 3.15. The predicted molar refractivity (Wildman–Crippen MR) is 53.8 cm³/mol. The first kappa shape index (κ1) is 16.1. The summed E-state index contributed by atoms with van der Waals surface area (Å²) in [6, 6.07) is 0.769. The molecule has 0 aliphatic heterocycles. The van der Waals surface area contributed by atoms with Crippen LogP contribution in [0.3, 0.4) is 0 Å². The van der Waals surface area contributed by atoms with Gasteiger partial charge in [0.1, 0.15) is 11.3 Å². The number of methoxy groups -OCH3 is 1. The maximum absolute atomic E-state index is 12.7. The summed E-state index contributed by atoms with van der Waals surface area (Å²) in [7, 11) is 0.953. The van der Waals surface area contributed by atoms with Crippen molar-refractivity contribution in [2.24, 2.45) is 0 Å². The van der Waals surface area contributed by atoms with Crippen LogP contribution in [0.5, 0.6) is 5.75 Å². The molecule has 0 fully saturated rings. The normalized spacial score (nSPS) is 12.3. The highest BCUT2D eigenvalue weighted by Crippen LogP contribution is 2.45. The third-order valence-corrected chi connectivity index (χ3v) is 2.41. The summed E-state index contributed by atoms with van der Waals surface area (Å²) >= 11 is 0. The number of benzene rings is 1. The molecule has 9 heteroatoms. The molecule has 0 radical (unpaired) electrons. The van der Waals surface area contributed by atoms with E-state index in [1.165, 1.54) is 0 Å². The molecule has 0 aliphatic rings. The summed E-state index contributed by atoms with van der Waals surface area (Å²) in [5, 5.41) is 9.39. The highest BCUT2D eigenvalue weighted by Gasteiger charge is 2.45. The summed E-state index contributed by atoms with van der Waals surface area (Å²) in [4.78, 5) is 10.9. The molecule has 0 unspecified atom stereocenters. The van der Waals surface area contributed by atoms with Gasteiger partial charge in [-0.2, -0.15) is 26.3 Å². The molecule has 0 bridgehead atoms. The van der Waals surface area contributed by atoms with E-state index in [4.69, 9.17) is 0 Å². The van der Waals surface area contributed by atoms with Gasteiger partial charge in [-0.05, 0) is 6.07 Å². The molecule has 112 valence electrons. The number of hydrogen-bond acceptors (Lipinski definition) is 3. The summed E-state index contributed by atoms with van der Waals surface area (Å²) in [5.74, 6) is -2.62. The smallest absolute Gasteiger partial charge is 0.420 e. The van der Waals surface area contributed by atoms with Crippen LogP contribution in [0.1, 0.15) is 16.7 Å². The lowest BCUT2D eigenvalue weighted by Crippen LogP contribution is -2.18. The first-order chi connectivity index (χ1) is 8.98. The largest absolute Gasteiger partial charge is 0.507 e. The van der Waals surface area contributed by atoms with E-state index in [1.807, 2.05) is 0 Å². The highest BCUT2D eigenvalue weighted by molar-refractivity contribution is 5.74. The number of halogens is 6. The number of phenols is 1. The molecule has 0 saturated carbocycles. The average molecular weight is 302 g/mol. The number of rotatable bonds is 2. The van der Waals surface area contributed by atoms with Crippen LogP contribution in [0.25, 0.3) is 0 Å². The Balaban J connectivity index is 3.48. The van der Waals surface area contributed by atoms with Crippen molar-refractivity contribution >= 4 is 5.97 Å². The van der Waals surface area contributed by atoms with Crippen molar-refractivity contribution in [3.63, 3.8) is 0 Å². The van der Waals surface area contributed by atoms with Crippen LogP contribution in [0, 0.1) is 0 Å². The minimum atomic E-state index is -5.42. The van der Waals surface area contributed by atoms with Crippen LogP contribution < -0.4 is 0 Å². The van der Waals surface area contributed by atoms with E-state index in [0.29, 0.717) is 6.07 Å². The Morgan fingerprint density at radius 1 is 1.15 bits per heavy atom. The van der Waals surface area contributed by atoms with Gasteiger partial charge in [0, 0.05) is 5.56 Å². The van der Waals surface area contributed by atoms with Crippen LogP contribution >= 0.6 is 0 Å². The Morgan fingerprint density at radius 3 is 2.10 bits per heavy atom. The monoisotopic (exact) mass is 302 g/mol. The number of aromatic hydroxyl groups is 1. The second-order valence-corrected chi connectivity index (χ2v) is 3.74. The zero-order chi connectivity index (χ0) is 15.7. The fourth-order valence-corrected chi connectivity index (χ4v) is 1.53. The van der Waals surface area contributed by atoms with E-state index in [1.54, 1.807) is 0 Å². The molecule has 1 rings (SSSR count). The number of esters is 1. The second-order valence-electron chi connectivity index (χ2n) is 3.74. The first-order valence-corrected chi connectivity index (χ1v) is 5.04. The Hall–Kier alpha value is -1.93. The molecular weight excluding hydrogens is 294 g/mol. The number of phenolic OH excluding ortho intramolecular Hbond substituents is 1. The van der Waals surface area contributed by atoms with Gasteiger partial charge >= 0.3 is 18.3 Å². The van der Waals surface area contributed by atoms with Gasteiger partial charge in [0.15, 0.2) is 0 Å². The van der Waals surface area contributed by atoms with Crippen LogP contribution in [-0.4, -0.2) is 18.2 Å².